The summed E-state index contributed by atoms with van der Waals surface area (Å²) >= 11 is 0. The number of ether oxygens (including phenoxy) is 1. The Bertz CT molecular complexity index is 330. The van der Waals surface area contributed by atoms with Gasteiger partial charge in [0, 0.05) is 0 Å². The van der Waals surface area contributed by atoms with E-state index in [1.165, 1.54) is 0 Å². The number of benzene rings is 1. The lowest BCUT2D eigenvalue weighted by Gasteiger charge is -2.23. The summed E-state index contributed by atoms with van der Waals surface area (Å²) in [5.74, 6) is 0. The Morgan fingerprint density at radius 3 is 2.75 bits per heavy atom. The van der Waals surface area contributed by atoms with Crippen molar-refractivity contribution in [2.75, 3.05) is 6.61 Å². The quantitative estimate of drug-likeness (QED) is 0.699. The van der Waals surface area contributed by atoms with Gasteiger partial charge in [-0.05, 0) is 18.4 Å². The van der Waals surface area contributed by atoms with Crippen LogP contribution in [0.25, 0.3) is 0 Å². The molecule has 2 unspecified atom stereocenters. The van der Waals surface area contributed by atoms with Gasteiger partial charge in [0.05, 0.1) is 13.2 Å². The molecule has 2 rings (SSSR count). The Balaban J connectivity index is 1.76. The second kappa shape index (κ2) is 4.93. The van der Waals surface area contributed by atoms with Crippen LogP contribution in [0.15, 0.2) is 30.3 Å². The smallest absolute Gasteiger partial charge is 0.141 e. The second-order valence-electron chi connectivity index (χ2n) is 4.21. The van der Waals surface area contributed by atoms with Crippen LogP contribution in [0.1, 0.15) is 18.4 Å². The van der Waals surface area contributed by atoms with Crippen LogP contribution in [0.3, 0.4) is 0 Å². The third-order valence-corrected chi connectivity index (χ3v) is 2.72. The molecule has 0 spiro atoms. The van der Waals surface area contributed by atoms with Crippen LogP contribution in [-0.2, 0) is 11.3 Å². The molecule has 0 amide bonds. The topological polar surface area (TPSA) is 61.7 Å². The Hall–Kier alpha value is -0.940. The van der Waals surface area contributed by atoms with Gasteiger partial charge in [-0.1, -0.05) is 30.3 Å². The summed E-state index contributed by atoms with van der Waals surface area (Å²) in [6.45, 7) is 0.667. The fraction of sp³-hybridized carbons (Fsp3) is 0.500. The molecule has 16 heavy (non-hydrogen) atoms. The van der Waals surface area contributed by atoms with E-state index in [0.29, 0.717) is 19.4 Å². The fourth-order valence-corrected chi connectivity index (χ4v) is 1.86. The largest absolute Gasteiger partial charge is 0.379 e. The van der Waals surface area contributed by atoms with Crippen molar-refractivity contribution in [1.29, 1.82) is 0 Å². The van der Waals surface area contributed by atoms with Crippen LogP contribution in [0.4, 0.5) is 0 Å². The molecule has 0 saturated carbocycles. The van der Waals surface area contributed by atoms with Crippen LogP contribution < -0.4 is 5.32 Å². The molecule has 88 valence electrons. The highest BCUT2D eigenvalue weighted by molar-refractivity contribution is 5.13. The highest BCUT2D eigenvalue weighted by Crippen LogP contribution is 2.20. The molecule has 2 atom stereocenters. The first kappa shape index (κ1) is 11.5. The monoisotopic (exact) mass is 223 g/mol. The zero-order valence-electron chi connectivity index (χ0n) is 9.10. The third kappa shape index (κ3) is 3.02. The molecule has 0 aliphatic carbocycles. The molecule has 3 N–H and O–H groups in total. The molecule has 1 aliphatic heterocycles. The van der Waals surface area contributed by atoms with E-state index in [4.69, 9.17) is 4.74 Å². The van der Waals surface area contributed by atoms with Gasteiger partial charge in [0.25, 0.3) is 0 Å². The van der Waals surface area contributed by atoms with Gasteiger partial charge in [0.2, 0.25) is 0 Å². The Morgan fingerprint density at radius 2 is 2.12 bits per heavy atom. The summed E-state index contributed by atoms with van der Waals surface area (Å²) in [5, 5.41) is 21.9. The summed E-state index contributed by atoms with van der Waals surface area (Å²) in [6, 6.07) is 9.80. The van der Waals surface area contributed by atoms with E-state index in [1.807, 2.05) is 30.3 Å². The molecule has 1 saturated heterocycles. The predicted molar refractivity (Wildman–Crippen MR) is 59.4 cm³/mol. The van der Waals surface area contributed by atoms with Gasteiger partial charge in [-0.15, -0.1) is 0 Å². The first-order chi connectivity index (χ1) is 7.68. The molecule has 4 heteroatoms. The van der Waals surface area contributed by atoms with Crippen LogP contribution in [-0.4, -0.2) is 28.8 Å². The SMILES string of the molecule is OC1CCC(O)(COCc2ccccc2)N1. The molecular formula is C12H17NO3. The maximum Gasteiger partial charge on any atom is 0.141 e. The van der Waals surface area contributed by atoms with Crippen molar-refractivity contribution in [3.63, 3.8) is 0 Å². The van der Waals surface area contributed by atoms with Crippen molar-refractivity contribution < 1.29 is 14.9 Å². The second-order valence-corrected chi connectivity index (χ2v) is 4.21. The molecule has 4 nitrogen and oxygen atoms in total. The van der Waals surface area contributed by atoms with E-state index in [2.05, 4.69) is 5.32 Å². The van der Waals surface area contributed by atoms with Crippen molar-refractivity contribution in [3.8, 4) is 0 Å². The standard InChI is InChI=1S/C12H17NO3/c14-11-6-7-12(15,13-11)9-16-8-10-4-2-1-3-5-10/h1-5,11,13-15H,6-9H2. The van der Waals surface area contributed by atoms with Crippen molar-refractivity contribution >= 4 is 0 Å². The van der Waals surface area contributed by atoms with Crippen LogP contribution in [0.5, 0.6) is 0 Å². The summed E-state index contributed by atoms with van der Waals surface area (Å²) in [7, 11) is 0. The molecule has 1 aliphatic rings. The van der Waals surface area contributed by atoms with Crippen LogP contribution in [0, 0.1) is 0 Å². The van der Waals surface area contributed by atoms with Gasteiger partial charge < -0.3 is 14.9 Å². The lowest BCUT2D eigenvalue weighted by molar-refractivity contribution is -0.0734. The van der Waals surface area contributed by atoms with Crippen LogP contribution in [0.2, 0.25) is 0 Å². The van der Waals surface area contributed by atoms with Gasteiger partial charge in [-0.25, -0.2) is 0 Å². The van der Waals surface area contributed by atoms with E-state index >= 15 is 0 Å². The fourth-order valence-electron chi connectivity index (χ4n) is 1.86. The Labute approximate surface area is 94.9 Å². The number of rotatable bonds is 4. The highest BCUT2D eigenvalue weighted by atomic mass is 16.5. The predicted octanol–water partition coefficient (Wildman–Crippen LogP) is 0.594. The van der Waals surface area contributed by atoms with E-state index < -0.39 is 12.0 Å². The third-order valence-electron chi connectivity index (χ3n) is 2.72. The van der Waals surface area contributed by atoms with Gasteiger partial charge in [-0.3, -0.25) is 5.32 Å². The van der Waals surface area contributed by atoms with Crippen molar-refractivity contribution in [2.24, 2.45) is 0 Å². The minimum atomic E-state index is -1.08. The molecule has 1 aromatic carbocycles. The van der Waals surface area contributed by atoms with Gasteiger partial charge >= 0.3 is 0 Å². The molecule has 0 radical (unpaired) electrons. The van der Waals surface area contributed by atoms with E-state index in [-0.39, 0.29) is 6.61 Å². The summed E-state index contributed by atoms with van der Waals surface area (Å²) < 4.78 is 5.43. The number of aliphatic hydroxyl groups is 2. The number of nitrogens with one attached hydrogen (secondary N) is 1. The van der Waals surface area contributed by atoms with Gasteiger partial charge in [0.15, 0.2) is 0 Å². The summed E-state index contributed by atoms with van der Waals surface area (Å²) in [4.78, 5) is 0. The first-order valence-corrected chi connectivity index (χ1v) is 5.48. The van der Waals surface area contributed by atoms with Crippen molar-refractivity contribution in [1.82, 2.24) is 5.32 Å². The highest BCUT2D eigenvalue weighted by Gasteiger charge is 2.35. The number of hydrogen-bond acceptors (Lipinski definition) is 4. The zero-order valence-corrected chi connectivity index (χ0v) is 9.10. The Morgan fingerprint density at radius 1 is 1.38 bits per heavy atom. The average molecular weight is 223 g/mol. The number of hydrogen-bond donors (Lipinski definition) is 3. The first-order valence-electron chi connectivity index (χ1n) is 5.48. The zero-order chi connectivity index (χ0) is 11.4. The lowest BCUT2D eigenvalue weighted by atomic mass is 10.2. The molecule has 1 aromatic rings. The van der Waals surface area contributed by atoms with E-state index in [9.17, 15) is 10.2 Å². The Kier molecular flexibility index (Phi) is 3.56. The number of aliphatic hydroxyl groups excluding tert-OH is 1. The van der Waals surface area contributed by atoms with Crippen LogP contribution >= 0.6 is 0 Å². The minimum Gasteiger partial charge on any atom is -0.379 e. The molecule has 0 aromatic heterocycles. The molecular weight excluding hydrogens is 206 g/mol. The summed E-state index contributed by atoms with van der Waals surface area (Å²) in [5.41, 5.74) is -0.00146. The van der Waals surface area contributed by atoms with E-state index in [1.54, 1.807) is 0 Å². The van der Waals surface area contributed by atoms with Crippen molar-refractivity contribution in [3.05, 3.63) is 35.9 Å². The maximum absolute atomic E-state index is 9.94. The average Bonchev–Trinajstić information content (AvgIpc) is 2.60. The maximum atomic E-state index is 9.94. The van der Waals surface area contributed by atoms with Gasteiger partial charge in [-0.2, -0.15) is 0 Å². The summed E-state index contributed by atoms with van der Waals surface area (Å²) in [6.07, 6.45) is 0.457. The van der Waals surface area contributed by atoms with Crippen molar-refractivity contribution in [2.45, 2.75) is 31.4 Å². The van der Waals surface area contributed by atoms with E-state index in [0.717, 1.165) is 5.56 Å². The minimum absolute atomic E-state index is 0.193. The molecule has 0 bridgehead atoms. The normalized spacial score (nSPS) is 29.5. The lowest BCUT2D eigenvalue weighted by Crippen LogP contribution is -2.46. The molecule has 1 fully saturated rings. The van der Waals surface area contributed by atoms with Gasteiger partial charge in [0.1, 0.15) is 12.0 Å². The molecule has 1 heterocycles.